The molecule has 0 aliphatic rings. The molecule has 0 fully saturated rings. The molecule has 0 unspecified atom stereocenters. The summed E-state index contributed by atoms with van der Waals surface area (Å²) >= 11 is 0. The first-order valence-electron chi connectivity index (χ1n) is 5.11. The van der Waals surface area contributed by atoms with Crippen molar-refractivity contribution in [2.75, 3.05) is 13.2 Å². The summed E-state index contributed by atoms with van der Waals surface area (Å²) in [6.45, 7) is 10.8. The van der Waals surface area contributed by atoms with Crippen LogP contribution < -0.4 is 0 Å². The first-order chi connectivity index (χ1) is 6.33. The number of carbonyl (C=O) groups is 1. The van der Waals surface area contributed by atoms with Gasteiger partial charge in [0.1, 0.15) is 0 Å². The Labute approximate surface area is 86.8 Å². The zero-order valence-corrected chi connectivity index (χ0v) is 9.92. The number of rotatable bonds is 6. The fourth-order valence-electron chi connectivity index (χ4n) is 0.905. The lowest BCUT2D eigenvalue weighted by Crippen LogP contribution is -2.28. The molecular formula is C11H22O3. The minimum absolute atomic E-state index is 0.209. The largest absolute Gasteiger partial charge is 0.466 e. The number of hydrogen-bond acceptors (Lipinski definition) is 3. The first-order valence-corrected chi connectivity index (χ1v) is 5.11. The molecular weight excluding hydrogens is 180 g/mol. The summed E-state index contributed by atoms with van der Waals surface area (Å²) in [5, 5.41) is 0. The van der Waals surface area contributed by atoms with Gasteiger partial charge in [-0.05, 0) is 19.8 Å². The number of esters is 1. The van der Waals surface area contributed by atoms with Crippen LogP contribution in [-0.2, 0) is 14.3 Å². The Hall–Kier alpha value is -0.570. The van der Waals surface area contributed by atoms with Crippen LogP contribution in [-0.4, -0.2) is 24.8 Å². The lowest BCUT2D eigenvalue weighted by Gasteiger charge is -2.26. The normalized spacial score (nSPS) is 11.9. The van der Waals surface area contributed by atoms with Crippen molar-refractivity contribution in [3.05, 3.63) is 0 Å². The van der Waals surface area contributed by atoms with Crippen molar-refractivity contribution in [2.45, 2.75) is 46.6 Å². The Balaban J connectivity index is 3.66. The minimum atomic E-state index is -0.232. The lowest BCUT2D eigenvalue weighted by atomic mass is 10.1. The Morgan fingerprint density at radius 1 is 1.36 bits per heavy atom. The van der Waals surface area contributed by atoms with E-state index in [9.17, 15) is 4.79 Å². The Morgan fingerprint density at radius 3 is 2.36 bits per heavy atom. The summed E-state index contributed by atoms with van der Waals surface area (Å²) < 4.78 is 10.5. The van der Waals surface area contributed by atoms with Crippen LogP contribution in [0.2, 0.25) is 0 Å². The highest BCUT2D eigenvalue weighted by molar-refractivity contribution is 5.65. The molecule has 14 heavy (non-hydrogen) atoms. The van der Waals surface area contributed by atoms with Gasteiger partial charge in [0.15, 0.2) is 0 Å². The molecule has 84 valence electrons. The average Bonchev–Trinajstić information content (AvgIpc) is 2.00. The molecule has 0 rings (SSSR count). The van der Waals surface area contributed by atoms with E-state index in [1.54, 1.807) is 0 Å². The van der Waals surface area contributed by atoms with Gasteiger partial charge in [-0.1, -0.05) is 13.8 Å². The second-order valence-corrected chi connectivity index (χ2v) is 4.55. The number of ether oxygens (including phenoxy) is 2. The summed E-state index contributed by atoms with van der Waals surface area (Å²) in [5.74, 6) is 0.299. The summed E-state index contributed by atoms with van der Waals surface area (Å²) in [6, 6.07) is 0. The molecule has 0 aromatic heterocycles. The van der Waals surface area contributed by atoms with E-state index in [0.717, 1.165) is 13.0 Å². The molecule has 0 amide bonds. The molecule has 0 aliphatic carbocycles. The van der Waals surface area contributed by atoms with Crippen molar-refractivity contribution in [3.8, 4) is 0 Å². The number of hydrogen-bond donors (Lipinski definition) is 0. The summed E-state index contributed by atoms with van der Waals surface area (Å²) in [7, 11) is 0. The van der Waals surface area contributed by atoms with E-state index < -0.39 is 0 Å². The molecule has 0 aliphatic heterocycles. The quantitative estimate of drug-likeness (QED) is 0.620. The van der Waals surface area contributed by atoms with Gasteiger partial charge in [-0.15, -0.1) is 0 Å². The molecule has 0 aromatic carbocycles. The van der Waals surface area contributed by atoms with Crippen molar-refractivity contribution in [1.82, 2.24) is 0 Å². The predicted octanol–water partition coefficient (Wildman–Crippen LogP) is 2.39. The van der Waals surface area contributed by atoms with Gasteiger partial charge >= 0.3 is 5.97 Å². The SMILES string of the molecule is CC(=O)OCCC(C)(C)OCC(C)C. The van der Waals surface area contributed by atoms with Gasteiger partial charge < -0.3 is 9.47 Å². The van der Waals surface area contributed by atoms with Crippen LogP contribution in [0.1, 0.15) is 41.0 Å². The van der Waals surface area contributed by atoms with Crippen LogP contribution in [0.15, 0.2) is 0 Å². The van der Waals surface area contributed by atoms with Gasteiger partial charge in [-0.3, -0.25) is 4.79 Å². The Kier molecular flexibility index (Phi) is 5.77. The van der Waals surface area contributed by atoms with Gasteiger partial charge in [0.25, 0.3) is 0 Å². The van der Waals surface area contributed by atoms with Crippen LogP contribution >= 0.6 is 0 Å². The van der Waals surface area contributed by atoms with Gasteiger partial charge in [0, 0.05) is 20.0 Å². The zero-order valence-electron chi connectivity index (χ0n) is 9.92. The second kappa shape index (κ2) is 6.02. The van der Waals surface area contributed by atoms with Gasteiger partial charge in [0.2, 0.25) is 0 Å². The standard InChI is InChI=1S/C11H22O3/c1-9(2)8-14-11(4,5)6-7-13-10(3)12/h9H,6-8H2,1-5H3. The number of carbonyl (C=O) groups excluding carboxylic acids is 1. The van der Waals surface area contributed by atoms with Crippen LogP contribution in [0.25, 0.3) is 0 Å². The predicted molar refractivity (Wildman–Crippen MR) is 56.1 cm³/mol. The molecule has 0 heterocycles. The highest BCUT2D eigenvalue weighted by atomic mass is 16.5. The van der Waals surface area contributed by atoms with E-state index in [1.807, 2.05) is 13.8 Å². The van der Waals surface area contributed by atoms with E-state index in [2.05, 4.69) is 13.8 Å². The molecule has 0 spiro atoms. The van der Waals surface area contributed by atoms with Crippen LogP contribution in [0.4, 0.5) is 0 Å². The molecule has 0 N–H and O–H groups in total. The van der Waals surface area contributed by atoms with Crippen molar-refractivity contribution >= 4 is 5.97 Å². The molecule has 0 radical (unpaired) electrons. The summed E-state index contributed by atoms with van der Waals surface area (Å²) in [6.07, 6.45) is 0.735. The molecule has 0 aromatic rings. The van der Waals surface area contributed by atoms with Crippen molar-refractivity contribution < 1.29 is 14.3 Å². The van der Waals surface area contributed by atoms with Gasteiger partial charge in [0.05, 0.1) is 12.2 Å². The van der Waals surface area contributed by atoms with Crippen LogP contribution in [0.3, 0.4) is 0 Å². The third kappa shape index (κ3) is 8.05. The molecule has 0 saturated heterocycles. The van der Waals surface area contributed by atoms with Crippen molar-refractivity contribution in [1.29, 1.82) is 0 Å². The third-order valence-electron chi connectivity index (χ3n) is 1.82. The second-order valence-electron chi connectivity index (χ2n) is 4.55. The van der Waals surface area contributed by atoms with E-state index in [4.69, 9.17) is 9.47 Å². The van der Waals surface area contributed by atoms with E-state index >= 15 is 0 Å². The average molecular weight is 202 g/mol. The van der Waals surface area contributed by atoms with Gasteiger partial charge in [-0.2, -0.15) is 0 Å². The fraction of sp³-hybridized carbons (Fsp3) is 0.909. The monoisotopic (exact) mass is 202 g/mol. The molecule has 0 saturated carbocycles. The van der Waals surface area contributed by atoms with E-state index in [0.29, 0.717) is 12.5 Å². The lowest BCUT2D eigenvalue weighted by molar-refractivity contribution is -0.143. The highest BCUT2D eigenvalue weighted by Gasteiger charge is 2.18. The Bertz CT molecular complexity index is 173. The molecule has 0 bridgehead atoms. The van der Waals surface area contributed by atoms with E-state index in [-0.39, 0.29) is 11.6 Å². The van der Waals surface area contributed by atoms with Crippen molar-refractivity contribution in [3.63, 3.8) is 0 Å². The molecule has 3 heteroatoms. The maximum Gasteiger partial charge on any atom is 0.302 e. The smallest absolute Gasteiger partial charge is 0.302 e. The minimum Gasteiger partial charge on any atom is -0.466 e. The maximum absolute atomic E-state index is 10.5. The highest BCUT2D eigenvalue weighted by Crippen LogP contribution is 2.15. The first kappa shape index (κ1) is 13.4. The Morgan fingerprint density at radius 2 is 1.93 bits per heavy atom. The van der Waals surface area contributed by atoms with E-state index in [1.165, 1.54) is 6.92 Å². The topological polar surface area (TPSA) is 35.5 Å². The van der Waals surface area contributed by atoms with Crippen LogP contribution in [0, 0.1) is 5.92 Å². The fourth-order valence-corrected chi connectivity index (χ4v) is 0.905. The third-order valence-corrected chi connectivity index (χ3v) is 1.82. The van der Waals surface area contributed by atoms with Gasteiger partial charge in [-0.25, -0.2) is 0 Å². The van der Waals surface area contributed by atoms with Crippen LogP contribution in [0.5, 0.6) is 0 Å². The summed E-state index contributed by atoms with van der Waals surface area (Å²) in [4.78, 5) is 10.5. The maximum atomic E-state index is 10.5. The summed E-state index contributed by atoms with van der Waals surface area (Å²) in [5.41, 5.74) is -0.209. The van der Waals surface area contributed by atoms with Crippen molar-refractivity contribution in [2.24, 2.45) is 5.92 Å². The zero-order chi connectivity index (χ0) is 11.2. The molecule has 3 nitrogen and oxygen atoms in total. The molecule has 0 atom stereocenters.